The van der Waals surface area contributed by atoms with Crippen molar-refractivity contribution in [2.75, 3.05) is 17.7 Å². The molecule has 2 heterocycles. The average Bonchev–Trinajstić information content (AvgIpc) is 3.23. The van der Waals surface area contributed by atoms with Crippen LogP contribution >= 0.6 is 24.0 Å². The number of ether oxygens (including phenoxy) is 1. The molecule has 0 radical (unpaired) electrons. The third-order valence-corrected chi connectivity index (χ3v) is 4.52. The molecule has 1 aliphatic heterocycles. The molecule has 0 spiro atoms. The molecule has 0 saturated heterocycles. The van der Waals surface area contributed by atoms with E-state index in [-0.39, 0.29) is 38.6 Å². The predicted octanol–water partition coefficient (Wildman–Crippen LogP) is 4.59. The van der Waals surface area contributed by atoms with Crippen molar-refractivity contribution in [3.05, 3.63) is 71.4 Å². The number of halogens is 1. The number of aromatic nitrogens is 1. The first-order valence-electron chi connectivity index (χ1n) is 8.46. The zero-order chi connectivity index (χ0) is 18.8. The van der Waals surface area contributed by atoms with E-state index < -0.39 is 0 Å². The van der Waals surface area contributed by atoms with Crippen LogP contribution in [0, 0.1) is 16.7 Å². The Labute approximate surface area is 182 Å². The van der Waals surface area contributed by atoms with Crippen molar-refractivity contribution in [1.82, 2.24) is 4.98 Å². The van der Waals surface area contributed by atoms with Crippen LogP contribution in [0.3, 0.4) is 0 Å². The minimum absolute atomic E-state index is 0. The zero-order valence-electron chi connectivity index (χ0n) is 14.8. The van der Waals surface area contributed by atoms with Gasteiger partial charge in [-0.05, 0) is 30.3 Å². The smallest absolute Gasteiger partial charge is 0.181 e. The number of hydrogen-bond donors (Lipinski definition) is 3. The zero-order valence-corrected chi connectivity index (χ0v) is 17.1. The maximum Gasteiger partial charge on any atom is 0.181 e. The minimum Gasteiger partial charge on any atom is -0.493 e. The van der Waals surface area contributed by atoms with Gasteiger partial charge in [-0.25, -0.2) is 4.98 Å². The van der Waals surface area contributed by atoms with Crippen LogP contribution in [0.15, 0.2) is 53.4 Å². The highest BCUT2D eigenvalue weighted by Gasteiger charge is 2.22. The third-order valence-electron chi connectivity index (χ3n) is 4.52. The van der Waals surface area contributed by atoms with Crippen LogP contribution in [0.4, 0.5) is 11.4 Å². The van der Waals surface area contributed by atoms with Gasteiger partial charge in [0, 0.05) is 31.8 Å². The molecule has 0 unspecified atom stereocenters. The molecule has 4 rings (SSSR count). The highest BCUT2D eigenvalue weighted by Crippen LogP contribution is 2.35. The number of nitrogens with two attached hydrogens (primary N) is 1. The SMILES string of the molecule is I.N#Cc1ccc2c(c1)OCC[C@H]2Nc1ccc(N)c(C(=N)c2cnco2)c1.[HH].[HH]. The normalized spacial score (nSPS) is 14.8. The number of benzene rings is 2. The Bertz CT molecular complexity index is 1050. The second-order valence-electron chi connectivity index (χ2n) is 6.24. The number of nitrogens with zero attached hydrogens (tertiary/aromatic N) is 2. The third kappa shape index (κ3) is 3.80. The van der Waals surface area contributed by atoms with Gasteiger partial charge >= 0.3 is 0 Å². The molecule has 1 atom stereocenters. The minimum atomic E-state index is 0. The summed E-state index contributed by atoms with van der Waals surface area (Å²) in [6, 6.07) is 13.1. The Hall–Kier alpha value is -3.06. The number of nitrogen functional groups attached to an aromatic ring is 1. The molecular weight excluding hydrogens is 469 g/mol. The Morgan fingerprint density at radius 2 is 2.18 bits per heavy atom. The van der Waals surface area contributed by atoms with E-state index >= 15 is 0 Å². The van der Waals surface area contributed by atoms with Crippen molar-refractivity contribution in [2.24, 2.45) is 0 Å². The largest absolute Gasteiger partial charge is 0.493 e. The summed E-state index contributed by atoms with van der Waals surface area (Å²) in [7, 11) is 0. The Balaban J connectivity index is 0.00000150. The molecule has 146 valence electrons. The van der Waals surface area contributed by atoms with Crippen molar-refractivity contribution in [1.29, 1.82) is 10.7 Å². The lowest BCUT2D eigenvalue weighted by Crippen LogP contribution is -2.20. The highest BCUT2D eigenvalue weighted by molar-refractivity contribution is 14.0. The second kappa shape index (κ2) is 8.31. The summed E-state index contributed by atoms with van der Waals surface area (Å²) in [5.41, 5.74) is 9.72. The number of rotatable bonds is 4. The fourth-order valence-electron chi connectivity index (χ4n) is 3.14. The van der Waals surface area contributed by atoms with E-state index in [1.807, 2.05) is 18.2 Å². The summed E-state index contributed by atoms with van der Waals surface area (Å²) < 4.78 is 10.9. The van der Waals surface area contributed by atoms with Crippen molar-refractivity contribution < 1.29 is 12.0 Å². The first-order valence-corrected chi connectivity index (χ1v) is 8.46. The molecule has 0 saturated carbocycles. The topological polar surface area (TPSA) is 121 Å². The molecule has 4 N–H and O–H groups in total. The molecular formula is C20H22IN5O2. The standard InChI is InChI=1S/C20H17N5O2.HI.2H2/c21-9-12-1-3-14-17(5-6-26-18(14)7-12)25-13-2-4-16(22)15(8-13)20(23)19-10-24-11-27-19;;;/h1-4,7-8,10-11,17,23,25H,5-6,22H2;3*1H/t17-;;;/m1.../s1. The van der Waals surface area contributed by atoms with Crippen LogP contribution in [0.1, 0.15) is 37.8 Å². The first-order chi connectivity index (χ1) is 13.2. The molecule has 0 aliphatic carbocycles. The maximum atomic E-state index is 9.06. The Morgan fingerprint density at radius 1 is 1.32 bits per heavy atom. The number of fused-ring (bicyclic) bond motifs is 1. The predicted molar refractivity (Wildman–Crippen MR) is 121 cm³/mol. The molecule has 3 aromatic rings. The van der Waals surface area contributed by atoms with Gasteiger partial charge in [-0.2, -0.15) is 5.26 Å². The van der Waals surface area contributed by atoms with Gasteiger partial charge in [0.25, 0.3) is 0 Å². The first kappa shape index (κ1) is 19.7. The van der Waals surface area contributed by atoms with Crippen LogP contribution < -0.4 is 15.8 Å². The van der Waals surface area contributed by atoms with E-state index in [9.17, 15) is 0 Å². The Kier molecular flexibility index (Phi) is 5.84. The van der Waals surface area contributed by atoms with Crippen molar-refractivity contribution in [3.63, 3.8) is 0 Å². The maximum absolute atomic E-state index is 9.06. The fourth-order valence-corrected chi connectivity index (χ4v) is 3.14. The van der Waals surface area contributed by atoms with E-state index in [1.165, 1.54) is 12.6 Å². The lowest BCUT2D eigenvalue weighted by atomic mass is 9.98. The molecule has 1 aliphatic rings. The van der Waals surface area contributed by atoms with Gasteiger partial charge in [-0.15, -0.1) is 24.0 Å². The fraction of sp³-hybridized carbons (Fsp3) is 0.150. The van der Waals surface area contributed by atoms with E-state index in [0.717, 1.165) is 23.4 Å². The molecule has 0 amide bonds. The second-order valence-corrected chi connectivity index (χ2v) is 6.24. The van der Waals surface area contributed by atoms with E-state index in [0.29, 0.717) is 29.2 Å². The van der Waals surface area contributed by atoms with E-state index in [4.69, 9.17) is 25.6 Å². The van der Waals surface area contributed by atoms with Crippen molar-refractivity contribution >= 4 is 41.1 Å². The molecule has 1 aromatic heterocycles. The molecule has 0 fully saturated rings. The number of oxazole rings is 1. The summed E-state index contributed by atoms with van der Waals surface area (Å²) in [6.45, 7) is 0.565. The highest BCUT2D eigenvalue weighted by atomic mass is 127. The number of hydrogen-bond acceptors (Lipinski definition) is 7. The molecule has 7 nitrogen and oxygen atoms in total. The van der Waals surface area contributed by atoms with Crippen LogP contribution in [0.5, 0.6) is 5.75 Å². The lowest BCUT2D eigenvalue weighted by molar-refractivity contribution is 0.274. The Morgan fingerprint density at radius 3 is 2.93 bits per heavy atom. The number of nitriles is 1. The average molecular weight is 491 g/mol. The number of anilines is 2. The quantitative estimate of drug-likeness (QED) is 0.279. The molecule has 28 heavy (non-hydrogen) atoms. The molecule has 2 aromatic carbocycles. The summed E-state index contributed by atoms with van der Waals surface area (Å²) in [5, 5.41) is 20.9. The summed E-state index contributed by atoms with van der Waals surface area (Å²) in [4.78, 5) is 3.85. The van der Waals surface area contributed by atoms with E-state index in [1.54, 1.807) is 18.2 Å². The van der Waals surface area contributed by atoms with Crippen LogP contribution in [-0.4, -0.2) is 17.3 Å². The van der Waals surface area contributed by atoms with Crippen LogP contribution in [-0.2, 0) is 0 Å². The molecule has 0 bridgehead atoms. The van der Waals surface area contributed by atoms with Gasteiger partial charge in [0.05, 0.1) is 30.5 Å². The van der Waals surface area contributed by atoms with Gasteiger partial charge in [-0.1, -0.05) is 6.07 Å². The summed E-state index contributed by atoms with van der Waals surface area (Å²) in [5.74, 6) is 1.09. The summed E-state index contributed by atoms with van der Waals surface area (Å²) in [6.07, 6.45) is 3.57. The monoisotopic (exact) mass is 491 g/mol. The van der Waals surface area contributed by atoms with Crippen molar-refractivity contribution in [2.45, 2.75) is 12.5 Å². The van der Waals surface area contributed by atoms with Crippen LogP contribution in [0.25, 0.3) is 0 Å². The molecule has 8 heteroatoms. The summed E-state index contributed by atoms with van der Waals surface area (Å²) >= 11 is 0. The number of nitrogens with one attached hydrogen (secondary N) is 2. The van der Waals surface area contributed by atoms with Gasteiger partial charge in [0.15, 0.2) is 12.2 Å². The van der Waals surface area contributed by atoms with Gasteiger partial charge in [0.1, 0.15) is 11.5 Å². The van der Waals surface area contributed by atoms with Gasteiger partial charge < -0.3 is 20.2 Å². The lowest BCUT2D eigenvalue weighted by Gasteiger charge is -2.28. The van der Waals surface area contributed by atoms with Crippen LogP contribution in [0.2, 0.25) is 0 Å². The van der Waals surface area contributed by atoms with Crippen molar-refractivity contribution in [3.8, 4) is 11.8 Å². The van der Waals surface area contributed by atoms with E-state index in [2.05, 4.69) is 16.4 Å². The van der Waals surface area contributed by atoms with Gasteiger partial charge in [-0.3, -0.25) is 5.41 Å². The van der Waals surface area contributed by atoms with Gasteiger partial charge in [0.2, 0.25) is 0 Å².